The second-order valence-corrected chi connectivity index (χ2v) is 10.5. The molecule has 1 aromatic carbocycles. The molecule has 2 aliphatic carbocycles. The van der Waals surface area contributed by atoms with Gasteiger partial charge in [-0.3, -0.25) is 0 Å². The molecule has 5 heteroatoms. The maximum absolute atomic E-state index is 12.2. The van der Waals surface area contributed by atoms with E-state index in [-0.39, 0.29) is 6.09 Å². The van der Waals surface area contributed by atoms with Crippen molar-refractivity contribution in [1.82, 2.24) is 10.2 Å². The van der Waals surface area contributed by atoms with Gasteiger partial charge in [-0.25, -0.2) is 4.79 Å². The first-order chi connectivity index (χ1) is 14.3. The number of carbonyl (C=O) groups excluding carboxylic acids is 1. The summed E-state index contributed by atoms with van der Waals surface area (Å²) in [5.41, 5.74) is 2.07. The van der Waals surface area contributed by atoms with Crippen molar-refractivity contribution in [2.45, 2.75) is 76.4 Å². The van der Waals surface area contributed by atoms with Crippen molar-refractivity contribution < 1.29 is 9.53 Å². The van der Waals surface area contributed by atoms with Gasteiger partial charge in [0, 0.05) is 19.1 Å². The van der Waals surface area contributed by atoms with E-state index in [2.05, 4.69) is 23.5 Å². The molecule has 1 amide bonds. The minimum atomic E-state index is -0.426. The highest BCUT2D eigenvalue weighted by Crippen LogP contribution is 2.62. The van der Waals surface area contributed by atoms with Gasteiger partial charge in [-0.05, 0) is 101 Å². The quantitative estimate of drug-likeness (QED) is 0.789. The molecule has 1 saturated heterocycles. The van der Waals surface area contributed by atoms with Crippen LogP contribution in [0.5, 0.6) is 0 Å². The van der Waals surface area contributed by atoms with Crippen molar-refractivity contribution in [1.29, 1.82) is 5.26 Å². The molecule has 0 radical (unpaired) electrons. The Balaban J connectivity index is 1.20. The molecule has 1 aromatic rings. The molecule has 2 saturated carbocycles. The van der Waals surface area contributed by atoms with Gasteiger partial charge in [0.25, 0.3) is 0 Å². The number of benzene rings is 1. The van der Waals surface area contributed by atoms with Gasteiger partial charge >= 0.3 is 6.09 Å². The van der Waals surface area contributed by atoms with Gasteiger partial charge in [0.15, 0.2) is 0 Å². The fourth-order valence-corrected chi connectivity index (χ4v) is 5.45. The van der Waals surface area contributed by atoms with Crippen LogP contribution in [0, 0.1) is 23.2 Å². The largest absolute Gasteiger partial charge is 0.444 e. The van der Waals surface area contributed by atoms with E-state index in [1.165, 1.54) is 31.2 Å². The van der Waals surface area contributed by atoms with E-state index in [9.17, 15) is 10.1 Å². The molecule has 3 unspecified atom stereocenters. The van der Waals surface area contributed by atoms with Gasteiger partial charge in [-0.15, -0.1) is 0 Å². The summed E-state index contributed by atoms with van der Waals surface area (Å²) in [7, 11) is 0. The summed E-state index contributed by atoms with van der Waals surface area (Å²) < 4.78 is 5.50. The first kappa shape index (κ1) is 21.2. The zero-order chi connectivity index (χ0) is 21.4. The third-order valence-corrected chi connectivity index (χ3v) is 7.27. The smallest absolute Gasteiger partial charge is 0.410 e. The van der Waals surface area contributed by atoms with E-state index in [4.69, 9.17) is 4.74 Å². The number of hydrogen-bond acceptors (Lipinski definition) is 4. The van der Waals surface area contributed by atoms with Gasteiger partial charge < -0.3 is 15.0 Å². The van der Waals surface area contributed by atoms with Gasteiger partial charge in [-0.1, -0.05) is 12.1 Å². The minimum absolute atomic E-state index is 0.174. The van der Waals surface area contributed by atoms with E-state index in [0.717, 1.165) is 44.0 Å². The van der Waals surface area contributed by atoms with Gasteiger partial charge in [0.1, 0.15) is 5.60 Å². The van der Waals surface area contributed by atoms with Crippen LogP contribution in [0.3, 0.4) is 0 Å². The van der Waals surface area contributed by atoms with E-state index in [1.807, 2.05) is 37.8 Å². The maximum atomic E-state index is 12.2. The average Bonchev–Trinajstić information content (AvgIpc) is 3.46. The molecule has 1 N–H and O–H groups in total. The number of amides is 1. The zero-order valence-corrected chi connectivity index (χ0v) is 18.6. The Morgan fingerprint density at radius 2 is 2.07 bits per heavy atom. The van der Waals surface area contributed by atoms with Crippen LogP contribution in [-0.2, 0) is 10.2 Å². The van der Waals surface area contributed by atoms with Crippen molar-refractivity contribution in [2.24, 2.45) is 11.8 Å². The summed E-state index contributed by atoms with van der Waals surface area (Å²) in [5, 5.41) is 13.0. The van der Waals surface area contributed by atoms with Crippen LogP contribution in [0.2, 0.25) is 0 Å². The number of nitrogens with zero attached hydrogens (tertiary/aromatic N) is 2. The Morgan fingerprint density at radius 3 is 2.73 bits per heavy atom. The molecule has 5 nitrogen and oxygen atoms in total. The van der Waals surface area contributed by atoms with Crippen molar-refractivity contribution in [3.8, 4) is 6.07 Å². The third kappa shape index (κ3) is 4.64. The zero-order valence-electron chi connectivity index (χ0n) is 18.6. The fraction of sp³-hybridized carbons (Fsp3) is 0.680. The lowest BCUT2D eigenvalue weighted by atomic mass is 9.80. The normalized spacial score (nSPS) is 29.1. The first-order valence-electron chi connectivity index (χ1n) is 11.5. The monoisotopic (exact) mass is 409 g/mol. The van der Waals surface area contributed by atoms with Crippen LogP contribution in [0.4, 0.5) is 4.79 Å². The lowest BCUT2D eigenvalue weighted by Crippen LogP contribution is -2.44. The van der Waals surface area contributed by atoms with E-state index in [1.54, 1.807) is 0 Å². The molecule has 3 atom stereocenters. The van der Waals surface area contributed by atoms with Crippen LogP contribution >= 0.6 is 0 Å². The molecule has 162 valence electrons. The summed E-state index contributed by atoms with van der Waals surface area (Å²) in [5.74, 6) is 1.40. The standard InChI is InChI=1S/C25H35N3O2/c1-24(2,3)30-23(29)28-11-8-18(9-12-28)17-27-22-7-10-25(15-21(25)14-22)20-6-4-5-19(13-20)16-26/h4-6,13,18,21-22,27H,7-12,14-15,17H2,1-3H3. The van der Waals surface area contributed by atoms with Crippen molar-refractivity contribution in [3.63, 3.8) is 0 Å². The number of hydrogen-bond donors (Lipinski definition) is 1. The lowest BCUT2D eigenvalue weighted by molar-refractivity contribution is 0.0183. The number of piperidine rings is 1. The Bertz CT molecular complexity index is 816. The predicted octanol–water partition coefficient (Wildman–Crippen LogP) is 4.61. The molecular weight excluding hydrogens is 374 g/mol. The Kier molecular flexibility index (Phi) is 5.81. The fourth-order valence-electron chi connectivity index (χ4n) is 5.45. The highest BCUT2D eigenvalue weighted by atomic mass is 16.6. The molecule has 30 heavy (non-hydrogen) atoms. The van der Waals surface area contributed by atoms with Crippen LogP contribution in [0.1, 0.15) is 70.4 Å². The summed E-state index contributed by atoms with van der Waals surface area (Å²) in [6.07, 6.45) is 6.88. The molecular formula is C25H35N3O2. The number of carbonyl (C=O) groups is 1. The number of nitrogens with one attached hydrogen (secondary N) is 1. The second-order valence-electron chi connectivity index (χ2n) is 10.5. The van der Waals surface area contributed by atoms with E-state index < -0.39 is 5.60 Å². The Morgan fingerprint density at radius 1 is 1.30 bits per heavy atom. The summed E-state index contributed by atoms with van der Waals surface area (Å²) in [6.45, 7) is 8.40. The van der Waals surface area contributed by atoms with E-state index in [0.29, 0.717) is 17.4 Å². The number of rotatable bonds is 4. The average molecular weight is 410 g/mol. The van der Waals surface area contributed by atoms with Gasteiger partial charge in [0.05, 0.1) is 11.6 Å². The SMILES string of the molecule is CC(C)(C)OC(=O)N1CCC(CNC2CCC3(c4cccc(C#N)c4)CC3C2)CC1. The lowest BCUT2D eigenvalue weighted by Gasteiger charge is -2.35. The topological polar surface area (TPSA) is 65.4 Å². The van der Waals surface area contributed by atoms with Crippen LogP contribution < -0.4 is 5.32 Å². The second kappa shape index (κ2) is 8.23. The minimum Gasteiger partial charge on any atom is -0.444 e. The van der Waals surface area contributed by atoms with Crippen LogP contribution in [0.15, 0.2) is 24.3 Å². The number of likely N-dealkylation sites (tertiary alicyclic amines) is 1. The Hall–Kier alpha value is -2.06. The predicted molar refractivity (Wildman–Crippen MR) is 117 cm³/mol. The Labute approximate surface area is 180 Å². The summed E-state index contributed by atoms with van der Waals surface area (Å²) >= 11 is 0. The summed E-state index contributed by atoms with van der Waals surface area (Å²) in [6, 6.07) is 11.1. The maximum Gasteiger partial charge on any atom is 0.410 e. The number of ether oxygens (including phenoxy) is 1. The van der Waals surface area contributed by atoms with Crippen LogP contribution in [0.25, 0.3) is 0 Å². The molecule has 1 heterocycles. The van der Waals surface area contributed by atoms with Gasteiger partial charge in [0.2, 0.25) is 0 Å². The molecule has 0 aromatic heterocycles. The molecule has 0 spiro atoms. The van der Waals surface area contributed by atoms with Crippen molar-refractivity contribution in [2.75, 3.05) is 19.6 Å². The third-order valence-electron chi connectivity index (χ3n) is 7.27. The highest BCUT2D eigenvalue weighted by Gasteiger charge is 2.57. The molecule has 4 rings (SSSR count). The van der Waals surface area contributed by atoms with Gasteiger partial charge in [-0.2, -0.15) is 5.26 Å². The van der Waals surface area contributed by atoms with Crippen molar-refractivity contribution >= 4 is 6.09 Å². The molecule has 1 aliphatic heterocycles. The molecule has 0 bridgehead atoms. The summed E-state index contributed by atoms with van der Waals surface area (Å²) in [4.78, 5) is 14.1. The molecule has 3 aliphatic rings. The highest BCUT2D eigenvalue weighted by molar-refractivity contribution is 5.68. The van der Waals surface area contributed by atoms with Crippen molar-refractivity contribution in [3.05, 3.63) is 35.4 Å². The van der Waals surface area contributed by atoms with Crippen LogP contribution in [-0.4, -0.2) is 42.3 Å². The number of fused-ring (bicyclic) bond motifs is 1. The van der Waals surface area contributed by atoms with E-state index >= 15 is 0 Å². The first-order valence-corrected chi connectivity index (χ1v) is 11.5. The number of nitriles is 1. The molecule has 3 fully saturated rings.